The lowest BCUT2D eigenvalue weighted by atomic mass is 9.96. The minimum absolute atomic E-state index is 0.0219. The molecule has 1 saturated heterocycles. The van der Waals surface area contributed by atoms with Gasteiger partial charge >= 0.3 is 0 Å². The second-order valence-corrected chi connectivity index (χ2v) is 7.64. The van der Waals surface area contributed by atoms with Crippen LogP contribution in [0.1, 0.15) is 44.7 Å². The first kappa shape index (κ1) is 21.0. The number of nitrogens with zero attached hydrogens (tertiary/aromatic N) is 3. The molecule has 1 aliphatic heterocycles. The number of carbonyl (C=O) groups is 2. The molecule has 2 N–H and O–H groups in total. The third kappa shape index (κ3) is 5.67. The minimum Gasteiger partial charge on any atom is -0.354 e. The van der Waals surface area contributed by atoms with Gasteiger partial charge in [-0.3, -0.25) is 9.59 Å². The number of anilines is 2. The summed E-state index contributed by atoms with van der Waals surface area (Å²) in [6, 6.07) is 11.0. The molecular weight excluding hydrogens is 390 g/mol. The van der Waals surface area contributed by atoms with E-state index in [2.05, 4.69) is 25.7 Å². The van der Waals surface area contributed by atoms with Crippen molar-refractivity contribution in [3.05, 3.63) is 47.1 Å². The molecular formula is C21H26ClN5O2. The first-order chi connectivity index (χ1) is 14.0. The average Bonchev–Trinajstić information content (AvgIpc) is 2.74. The molecule has 1 aromatic carbocycles. The Bertz CT molecular complexity index is 841. The summed E-state index contributed by atoms with van der Waals surface area (Å²) in [4.78, 5) is 26.4. The zero-order valence-corrected chi connectivity index (χ0v) is 17.4. The lowest BCUT2D eigenvalue weighted by molar-refractivity contribution is -0.126. The molecule has 0 bridgehead atoms. The van der Waals surface area contributed by atoms with Crippen LogP contribution in [0, 0.1) is 5.92 Å². The maximum Gasteiger partial charge on any atom is 0.225 e. The molecule has 7 nitrogen and oxygen atoms in total. The van der Waals surface area contributed by atoms with Gasteiger partial charge in [0.05, 0.1) is 12.0 Å². The van der Waals surface area contributed by atoms with Crippen molar-refractivity contribution in [1.29, 1.82) is 0 Å². The van der Waals surface area contributed by atoms with Crippen LogP contribution >= 0.6 is 11.6 Å². The summed E-state index contributed by atoms with van der Waals surface area (Å²) in [5.74, 6) is 0.648. The number of halogens is 1. The monoisotopic (exact) mass is 415 g/mol. The molecule has 1 aromatic heterocycles. The lowest BCUT2D eigenvalue weighted by Crippen LogP contribution is -2.44. The molecule has 2 atom stereocenters. The lowest BCUT2D eigenvalue weighted by Gasteiger charge is -2.33. The third-order valence-corrected chi connectivity index (χ3v) is 5.31. The molecule has 0 aliphatic carbocycles. The molecule has 3 rings (SSSR count). The number of hydrogen-bond donors (Lipinski definition) is 2. The van der Waals surface area contributed by atoms with Gasteiger partial charge in [-0.2, -0.15) is 0 Å². The Morgan fingerprint density at radius 2 is 1.97 bits per heavy atom. The highest BCUT2D eigenvalue weighted by Crippen LogP contribution is 2.23. The second kappa shape index (κ2) is 9.69. The SMILES string of the molecule is CCC(=O)Nc1ccc([C@@H](C)NC(=O)[C@H]2CCCN(c3ccc(Cl)nn3)C2)cc1. The number of piperidine rings is 1. The molecule has 29 heavy (non-hydrogen) atoms. The molecule has 2 heterocycles. The Balaban J connectivity index is 1.57. The number of amides is 2. The smallest absolute Gasteiger partial charge is 0.225 e. The highest BCUT2D eigenvalue weighted by atomic mass is 35.5. The van der Waals surface area contributed by atoms with Crippen molar-refractivity contribution in [2.45, 2.75) is 39.2 Å². The number of benzene rings is 1. The van der Waals surface area contributed by atoms with Gasteiger partial charge in [0.2, 0.25) is 11.8 Å². The minimum atomic E-state index is -0.121. The van der Waals surface area contributed by atoms with E-state index in [1.54, 1.807) is 6.07 Å². The highest BCUT2D eigenvalue weighted by Gasteiger charge is 2.27. The largest absolute Gasteiger partial charge is 0.354 e. The van der Waals surface area contributed by atoms with Crippen LogP contribution in [-0.4, -0.2) is 35.1 Å². The summed E-state index contributed by atoms with van der Waals surface area (Å²) in [6.45, 7) is 5.23. The number of hydrogen-bond acceptors (Lipinski definition) is 5. The van der Waals surface area contributed by atoms with Crippen LogP contribution in [0.15, 0.2) is 36.4 Å². The molecule has 1 aliphatic rings. The molecule has 0 radical (unpaired) electrons. The molecule has 0 unspecified atom stereocenters. The standard InChI is InChI=1S/C21H26ClN5O2/c1-3-20(28)24-17-8-6-15(7-9-17)14(2)23-21(29)16-5-4-12-27(13-16)19-11-10-18(22)25-26-19/h6-11,14,16H,3-5,12-13H2,1-2H3,(H,23,29)(H,24,28)/t14-,16+/m1/s1. The normalized spacial score (nSPS) is 17.5. The van der Waals surface area contributed by atoms with E-state index in [1.165, 1.54) is 0 Å². The molecule has 0 spiro atoms. The fourth-order valence-electron chi connectivity index (χ4n) is 3.40. The van der Waals surface area contributed by atoms with E-state index in [4.69, 9.17) is 11.6 Å². The van der Waals surface area contributed by atoms with Crippen LogP contribution in [0.2, 0.25) is 5.15 Å². The van der Waals surface area contributed by atoms with E-state index in [0.29, 0.717) is 18.1 Å². The van der Waals surface area contributed by atoms with E-state index in [-0.39, 0.29) is 23.8 Å². The van der Waals surface area contributed by atoms with Crippen LogP contribution in [-0.2, 0) is 9.59 Å². The van der Waals surface area contributed by atoms with Gasteiger partial charge < -0.3 is 15.5 Å². The Labute approximate surface area is 175 Å². The van der Waals surface area contributed by atoms with Crippen molar-refractivity contribution in [1.82, 2.24) is 15.5 Å². The average molecular weight is 416 g/mol. The quantitative estimate of drug-likeness (QED) is 0.753. The molecule has 8 heteroatoms. The Kier molecular flexibility index (Phi) is 7.04. The molecule has 1 fully saturated rings. The zero-order valence-electron chi connectivity index (χ0n) is 16.7. The highest BCUT2D eigenvalue weighted by molar-refractivity contribution is 6.29. The summed E-state index contributed by atoms with van der Waals surface area (Å²) in [6.07, 6.45) is 2.20. The summed E-state index contributed by atoms with van der Waals surface area (Å²) >= 11 is 5.81. The Morgan fingerprint density at radius 1 is 1.21 bits per heavy atom. The van der Waals surface area contributed by atoms with Crippen LogP contribution in [0.5, 0.6) is 0 Å². The number of rotatable bonds is 6. The Morgan fingerprint density at radius 3 is 2.62 bits per heavy atom. The van der Waals surface area contributed by atoms with Crippen LogP contribution < -0.4 is 15.5 Å². The van der Waals surface area contributed by atoms with E-state index >= 15 is 0 Å². The first-order valence-corrected chi connectivity index (χ1v) is 10.3. The summed E-state index contributed by atoms with van der Waals surface area (Å²) in [7, 11) is 0. The van der Waals surface area contributed by atoms with Crippen molar-refractivity contribution in [2.24, 2.45) is 5.92 Å². The van der Waals surface area contributed by atoms with Gasteiger partial charge in [-0.25, -0.2) is 0 Å². The van der Waals surface area contributed by atoms with Crippen molar-refractivity contribution < 1.29 is 9.59 Å². The summed E-state index contributed by atoms with van der Waals surface area (Å²) in [5.41, 5.74) is 1.75. The van der Waals surface area contributed by atoms with E-state index in [1.807, 2.05) is 44.2 Å². The Hall–Kier alpha value is -2.67. The van der Waals surface area contributed by atoms with Crippen LogP contribution in [0.3, 0.4) is 0 Å². The number of carbonyl (C=O) groups excluding carboxylic acids is 2. The van der Waals surface area contributed by atoms with E-state index in [0.717, 1.165) is 36.5 Å². The predicted octanol–water partition coefficient (Wildman–Crippen LogP) is 3.57. The van der Waals surface area contributed by atoms with Gasteiger partial charge in [0, 0.05) is 25.2 Å². The van der Waals surface area contributed by atoms with Gasteiger partial charge in [0.15, 0.2) is 11.0 Å². The first-order valence-electron chi connectivity index (χ1n) is 9.90. The molecule has 2 amide bonds. The van der Waals surface area contributed by atoms with Crippen LogP contribution in [0.25, 0.3) is 0 Å². The fourth-order valence-corrected chi connectivity index (χ4v) is 3.50. The van der Waals surface area contributed by atoms with Gasteiger partial charge in [-0.1, -0.05) is 30.7 Å². The van der Waals surface area contributed by atoms with Gasteiger partial charge in [0.25, 0.3) is 0 Å². The zero-order chi connectivity index (χ0) is 20.8. The second-order valence-electron chi connectivity index (χ2n) is 7.25. The molecule has 154 valence electrons. The fraction of sp³-hybridized carbons (Fsp3) is 0.429. The number of aromatic nitrogens is 2. The molecule has 2 aromatic rings. The maximum absolute atomic E-state index is 12.8. The number of nitrogens with one attached hydrogen (secondary N) is 2. The van der Waals surface area contributed by atoms with Crippen molar-refractivity contribution >= 4 is 34.9 Å². The van der Waals surface area contributed by atoms with E-state index in [9.17, 15) is 9.59 Å². The van der Waals surface area contributed by atoms with E-state index < -0.39 is 0 Å². The van der Waals surface area contributed by atoms with Crippen LogP contribution in [0.4, 0.5) is 11.5 Å². The van der Waals surface area contributed by atoms with Gasteiger partial charge in [0.1, 0.15) is 0 Å². The van der Waals surface area contributed by atoms with Gasteiger partial charge in [-0.15, -0.1) is 10.2 Å². The topological polar surface area (TPSA) is 87.2 Å². The molecule has 0 saturated carbocycles. The van der Waals surface area contributed by atoms with Crippen molar-refractivity contribution in [3.63, 3.8) is 0 Å². The summed E-state index contributed by atoms with van der Waals surface area (Å²) in [5, 5.41) is 14.3. The third-order valence-electron chi connectivity index (χ3n) is 5.11. The maximum atomic E-state index is 12.8. The van der Waals surface area contributed by atoms with Crippen molar-refractivity contribution in [2.75, 3.05) is 23.3 Å². The predicted molar refractivity (Wildman–Crippen MR) is 114 cm³/mol. The summed E-state index contributed by atoms with van der Waals surface area (Å²) < 4.78 is 0. The van der Waals surface area contributed by atoms with Crippen molar-refractivity contribution in [3.8, 4) is 0 Å². The van der Waals surface area contributed by atoms with Gasteiger partial charge in [-0.05, 0) is 49.6 Å².